The molecule has 1 aromatic rings. The van der Waals surface area contributed by atoms with Crippen LogP contribution in [0.4, 0.5) is 0 Å². The fourth-order valence-corrected chi connectivity index (χ4v) is 2.45. The second kappa shape index (κ2) is 8.06. The minimum Gasteiger partial charge on any atom is -0.378 e. The first kappa shape index (κ1) is 15.9. The van der Waals surface area contributed by atoms with E-state index in [1.54, 1.807) is 25.2 Å². The summed E-state index contributed by atoms with van der Waals surface area (Å²) in [6.45, 7) is 2.10. The first-order valence-electron chi connectivity index (χ1n) is 6.97. The van der Waals surface area contributed by atoms with Crippen molar-refractivity contribution in [3.8, 4) is 0 Å². The summed E-state index contributed by atoms with van der Waals surface area (Å²) in [6, 6.07) is 0. The highest BCUT2D eigenvalue weighted by Crippen LogP contribution is 2.19. The van der Waals surface area contributed by atoms with Gasteiger partial charge in [-0.1, -0.05) is 0 Å². The van der Waals surface area contributed by atoms with Gasteiger partial charge < -0.3 is 19.5 Å². The predicted octanol–water partition coefficient (Wildman–Crippen LogP) is -0.539. The number of carbonyl (C=O) groups excluding carboxylic acids is 1. The van der Waals surface area contributed by atoms with E-state index in [0.29, 0.717) is 32.7 Å². The largest absolute Gasteiger partial charge is 0.378 e. The number of nitrogens with one attached hydrogen (secondary N) is 1. The van der Waals surface area contributed by atoms with Gasteiger partial charge in [-0.3, -0.25) is 9.48 Å². The van der Waals surface area contributed by atoms with E-state index >= 15 is 0 Å². The van der Waals surface area contributed by atoms with Gasteiger partial charge >= 0.3 is 0 Å². The highest BCUT2D eigenvalue weighted by Gasteiger charge is 2.34. The summed E-state index contributed by atoms with van der Waals surface area (Å²) in [6.07, 6.45) is 3.24. The van der Waals surface area contributed by atoms with Crippen LogP contribution in [0.3, 0.4) is 0 Å². The number of aromatic nitrogens is 3. The van der Waals surface area contributed by atoms with Crippen LogP contribution in [0, 0.1) is 5.92 Å². The van der Waals surface area contributed by atoms with Crippen LogP contribution in [0.15, 0.2) is 12.7 Å². The summed E-state index contributed by atoms with van der Waals surface area (Å²) in [4.78, 5) is 15.7. The van der Waals surface area contributed by atoms with Gasteiger partial charge in [0.25, 0.3) is 0 Å². The number of rotatable bonds is 7. The number of hydrogen-bond acceptors (Lipinski definition) is 6. The van der Waals surface area contributed by atoms with Crippen molar-refractivity contribution in [1.29, 1.82) is 0 Å². The fourth-order valence-electron chi connectivity index (χ4n) is 2.45. The van der Waals surface area contributed by atoms with Gasteiger partial charge in [0.2, 0.25) is 5.91 Å². The zero-order valence-corrected chi connectivity index (χ0v) is 12.4. The minimum atomic E-state index is -0.0965. The molecule has 8 heteroatoms. The van der Waals surface area contributed by atoms with Crippen molar-refractivity contribution < 1.29 is 19.0 Å². The van der Waals surface area contributed by atoms with E-state index in [1.165, 1.54) is 6.33 Å². The average molecular weight is 298 g/mol. The molecule has 0 aliphatic carbocycles. The van der Waals surface area contributed by atoms with Crippen LogP contribution in [0.1, 0.15) is 6.42 Å². The Morgan fingerprint density at radius 3 is 2.95 bits per heavy atom. The molecule has 2 rings (SSSR count). The molecule has 0 saturated carbocycles. The molecule has 21 heavy (non-hydrogen) atoms. The number of carbonyl (C=O) groups is 1. The van der Waals surface area contributed by atoms with Crippen LogP contribution in [0.25, 0.3) is 0 Å². The number of amides is 1. The van der Waals surface area contributed by atoms with Gasteiger partial charge in [-0.2, -0.15) is 5.10 Å². The van der Waals surface area contributed by atoms with Crippen molar-refractivity contribution in [1.82, 2.24) is 20.1 Å². The van der Waals surface area contributed by atoms with E-state index in [-0.39, 0.29) is 24.0 Å². The summed E-state index contributed by atoms with van der Waals surface area (Å²) >= 11 is 0. The van der Waals surface area contributed by atoms with Gasteiger partial charge in [0.05, 0.1) is 25.9 Å². The molecule has 1 saturated heterocycles. The van der Waals surface area contributed by atoms with Crippen molar-refractivity contribution in [2.24, 2.45) is 5.92 Å². The van der Waals surface area contributed by atoms with Gasteiger partial charge in [-0.25, -0.2) is 4.98 Å². The fraction of sp³-hybridized carbons (Fsp3) is 0.769. The van der Waals surface area contributed by atoms with Crippen LogP contribution in [0.2, 0.25) is 0 Å². The molecular formula is C13H22N4O4. The Bertz CT molecular complexity index is 426. The Kier molecular flexibility index (Phi) is 6.09. The second-order valence-electron chi connectivity index (χ2n) is 4.98. The molecule has 1 aliphatic heterocycles. The molecule has 1 aromatic heterocycles. The molecule has 1 amide bonds. The molecular weight excluding hydrogens is 276 g/mol. The molecule has 0 radical (unpaired) electrons. The van der Waals surface area contributed by atoms with Crippen LogP contribution in [-0.2, 0) is 25.5 Å². The molecule has 0 unspecified atom stereocenters. The average Bonchev–Trinajstić information content (AvgIpc) is 3.03. The molecule has 0 spiro atoms. The quantitative estimate of drug-likeness (QED) is 0.727. The molecule has 8 nitrogen and oxygen atoms in total. The Labute approximate surface area is 123 Å². The molecule has 0 aromatic carbocycles. The highest BCUT2D eigenvalue weighted by molar-refractivity contribution is 5.75. The topological polar surface area (TPSA) is 87.5 Å². The van der Waals surface area contributed by atoms with Crippen molar-refractivity contribution in [3.63, 3.8) is 0 Å². The van der Waals surface area contributed by atoms with Crippen LogP contribution in [-0.4, -0.2) is 66.9 Å². The summed E-state index contributed by atoms with van der Waals surface area (Å²) in [7, 11) is 3.29. The standard InChI is InChI=1S/C13H22N4O4/c1-19-11-7-21-6-10(13(11)20-2)5-15-12(18)3-4-17-9-14-8-16-17/h8-11,13H,3-7H2,1-2H3,(H,15,18)/t10-,11-,13+/m1/s1. The Hall–Kier alpha value is -1.51. The van der Waals surface area contributed by atoms with Crippen molar-refractivity contribution in [2.75, 3.05) is 34.0 Å². The van der Waals surface area contributed by atoms with Gasteiger partial charge in [-0.05, 0) is 0 Å². The number of nitrogens with zero attached hydrogens (tertiary/aromatic N) is 3. The zero-order chi connectivity index (χ0) is 15.1. The first-order valence-corrected chi connectivity index (χ1v) is 6.97. The van der Waals surface area contributed by atoms with Crippen LogP contribution >= 0.6 is 0 Å². The van der Waals surface area contributed by atoms with E-state index in [0.717, 1.165) is 0 Å². The lowest BCUT2D eigenvalue weighted by Crippen LogP contribution is -2.50. The zero-order valence-electron chi connectivity index (χ0n) is 12.4. The molecule has 3 atom stereocenters. The molecule has 1 aliphatic rings. The first-order chi connectivity index (χ1) is 10.2. The van der Waals surface area contributed by atoms with Gasteiger partial charge in [0.15, 0.2) is 0 Å². The lowest BCUT2D eigenvalue weighted by molar-refractivity contribution is -0.147. The maximum atomic E-state index is 11.8. The number of ether oxygens (including phenoxy) is 3. The van der Waals surface area contributed by atoms with Gasteiger partial charge in [0.1, 0.15) is 18.8 Å². The maximum absolute atomic E-state index is 11.8. The van der Waals surface area contributed by atoms with Crippen LogP contribution < -0.4 is 5.32 Å². The van der Waals surface area contributed by atoms with E-state index in [1.807, 2.05) is 0 Å². The predicted molar refractivity (Wildman–Crippen MR) is 73.6 cm³/mol. The van der Waals surface area contributed by atoms with Crippen LogP contribution in [0.5, 0.6) is 0 Å². The highest BCUT2D eigenvalue weighted by atomic mass is 16.6. The third kappa shape index (κ3) is 4.48. The molecule has 0 bridgehead atoms. The van der Waals surface area contributed by atoms with Crippen molar-refractivity contribution in [2.45, 2.75) is 25.2 Å². The minimum absolute atomic E-state index is 0.0279. The molecule has 2 heterocycles. The van der Waals surface area contributed by atoms with Crippen molar-refractivity contribution >= 4 is 5.91 Å². The molecule has 1 fully saturated rings. The lowest BCUT2D eigenvalue weighted by atomic mass is 9.96. The van der Waals surface area contributed by atoms with Gasteiger partial charge in [0, 0.05) is 33.1 Å². The summed E-state index contributed by atoms with van der Waals surface area (Å²) in [5.74, 6) is 0.0592. The third-order valence-corrected chi connectivity index (χ3v) is 3.62. The Morgan fingerprint density at radius 2 is 2.29 bits per heavy atom. The smallest absolute Gasteiger partial charge is 0.221 e. The molecule has 118 valence electrons. The Balaban J connectivity index is 1.74. The SMILES string of the molecule is CO[C@H]1[C@H](CNC(=O)CCn2cncn2)COC[C@H]1OC. The second-order valence-corrected chi connectivity index (χ2v) is 4.98. The Morgan fingerprint density at radius 1 is 1.43 bits per heavy atom. The summed E-state index contributed by atoms with van der Waals surface area (Å²) in [5.41, 5.74) is 0. The number of methoxy groups -OCH3 is 2. The maximum Gasteiger partial charge on any atom is 0.221 e. The number of hydrogen-bond donors (Lipinski definition) is 1. The van der Waals surface area contributed by atoms with Gasteiger partial charge in [-0.15, -0.1) is 0 Å². The lowest BCUT2D eigenvalue weighted by Gasteiger charge is -2.36. The van der Waals surface area contributed by atoms with E-state index in [4.69, 9.17) is 14.2 Å². The normalized spacial score (nSPS) is 25.7. The van der Waals surface area contributed by atoms with E-state index < -0.39 is 0 Å². The third-order valence-electron chi connectivity index (χ3n) is 3.62. The van der Waals surface area contributed by atoms with Crippen molar-refractivity contribution in [3.05, 3.63) is 12.7 Å². The monoisotopic (exact) mass is 298 g/mol. The summed E-state index contributed by atoms with van der Waals surface area (Å²) < 4.78 is 17.9. The molecule has 1 N–H and O–H groups in total. The van der Waals surface area contributed by atoms with E-state index in [9.17, 15) is 4.79 Å². The van der Waals surface area contributed by atoms with E-state index in [2.05, 4.69) is 15.4 Å². The number of aryl methyl sites for hydroxylation is 1. The summed E-state index contributed by atoms with van der Waals surface area (Å²) in [5, 5.41) is 6.86.